The van der Waals surface area contributed by atoms with E-state index < -0.39 is 6.10 Å². The first kappa shape index (κ1) is 17.4. The molecular weight excluding hydrogens is 322 g/mol. The average molecular weight is 347 g/mol. The highest BCUT2D eigenvalue weighted by molar-refractivity contribution is 7.19. The molecule has 0 amide bonds. The van der Waals surface area contributed by atoms with E-state index in [9.17, 15) is 9.90 Å². The molecule has 1 saturated carbocycles. The Bertz CT molecular complexity index is 643. The van der Waals surface area contributed by atoms with Crippen LogP contribution in [-0.2, 0) is 9.53 Å². The monoisotopic (exact) mass is 347 g/mol. The number of carbonyl (C=O) groups is 1. The third-order valence-electron chi connectivity index (χ3n) is 4.72. The fourth-order valence-electron chi connectivity index (χ4n) is 3.34. The van der Waals surface area contributed by atoms with Gasteiger partial charge in [-0.2, -0.15) is 0 Å². The number of ether oxygens (including phenoxy) is 1. The molecule has 5 heteroatoms. The number of rotatable bonds is 6. The van der Waals surface area contributed by atoms with Crippen LogP contribution in [-0.4, -0.2) is 30.3 Å². The lowest BCUT2D eigenvalue weighted by Gasteiger charge is -2.28. The highest BCUT2D eigenvalue weighted by Crippen LogP contribution is 2.30. The van der Waals surface area contributed by atoms with E-state index in [2.05, 4.69) is 23.5 Å². The minimum absolute atomic E-state index is 0.0514. The number of hydrogen-bond acceptors (Lipinski definition) is 5. The Balaban J connectivity index is 1.47. The van der Waals surface area contributed by atoms with Gasteiger partial charge in [-0.1, -0.05) is 18.2 Å². The van der Waals surface area contributed by atoms with Gasteiger partial charge in [0.15, 0.2) is 0 Å². The van der Waals surface area contributed by atoms with E-state index in [1.807, 2.05) is 19.1 Å². The van der Waals surface area contributed by atoms with E-state index >= 15 is 0 Å². The van der Waals surface area contributed by atoms with Gasteiger partial charge in [0.2, 0.25) is 0 Å². The summed E-state index contributed by atoms with van der Waals surface area (Å²) >= 11 is 1.65. The summed E-state index contributed by atoms with van der Waals surface area (Å²) in [6.07, 6.45) is 3.18. The molecule has 1 atom stereocenters. The zero-order valence-corrected chi connectivity index (χ0v) is 14.8. The number of fused-ring (bicyclic) bond motifs is 1. The van der Waals surface area contributed by atoms with E-state index in [4.69, 9.17) is 4.74 Å². The van der Waals surface area contributed by atoms with Crippen LogP contribution in [0.25, 0.3) is 10.1 Å². The maximum atomic E-state index is 11.8. The van der Waals surface area contributed by atoms with Crippen molar-refractivity contribution in [1.29, 1.82) is 0 Å². The standard InChI is InChI=1S/C19H25NO3S/c1-2-23-19(22)13-7-9-15(10-8-13)20-12-16(21)18-11-14-5-3-4-6-17(14)24-18/h3-6,11,13,15-16,20-21H,2,7-10,12H2,1H3. The second-order valence-corrected chi connectivity index (χ2v) is 7.53. The molecule has 2 N–H and O–H groups in total. The Morgan fingerprint density at radius 3 is 2.79 bits per heavy atom. The van der Waals surface area contributed by atoms with Gasteiger partial charge in [-0.3, -0.25) is 4.79 Å². The molecule has 0 bridgehead atoms. The van der Waals surface area contributed by atoms with E-state index in [1.54, 1.807) is 11.3 Å². The first-order chi connectivity index (χ1) is 11.7. The van der Waals surface area contributed by atoms with Gasteiger partial charge >= 0.3 is 5.97 Å². The molecule has 130 valence electrons. The van der Waals surface area contributed by atoms with Gasteiger partial charge < -0.3 is 15.2 Å². The van der Waals surface area contributed by atoms with Gasteiger partial charge in [0.05, 0.1) is 12.5 Å². The Morgan fingerprint density at radius 1 is 1.33 bits per heavy atom. The molecule has 4 nitrogen and oxygen atoms in total. The van der Waals surface area contributed by atoms with Crippen molar-refractivity contribution >= 4 is 27.4 Å². The van der Waals surface area contributed by atoms with E-state index in [1.165, 1.54) is 10.1 Å². The minimum atomic E-state index is -0.481. The third-order valence-corrected chi connectivity index (χ3v) is 5.94. The van der Waals surface area contributed by atoms with Crippen molar-refractivity contribution in [3.05, 3.63) is 35.2 Å². The molecule has 0 radical (unpaired) electrons. The van der Waals surface area contributed by atoms with Gasteiger partial charge in [-0.05, 0) is 50.1 Å². The SMILES string of the molecule is CCOC(=O)C1CCC(NCC(O)c2cc3ccccc3s2)CC1. The van der Waals surface area contributed by atoms with Gasteiger partial charge in [-0.15, -0.1) is 11.3 Å². The largest absolute Gasteiger partial charge is 0.466 e. The second-order valence-electron chi connectivity index (χ2n) is 6.41. The highest BCUT2D eigenvalue weighted by atomic mass is 32.1. The lowest BCUT2D eigenvalue weighted by molar-refractivity contribution is -0.149. The number of aliphatic hydroxyl groups excluding tert-OH is 1. The molecule has 1 aliphatic carbocycles. The van der Waals surface area contributed by atoms with E-state index in [0.29, 0.717) is 19.2 Å². The van der Waals surface area contributed by atoms with Crippen LogP contribution in [0.4, 0.5) is 0 Å². The summed E-state index contributed by atoms with van der Waals surface area (Å²) in [6, 6.07) is 10.6. The van der Waals surface area contributed by atoms with Crippen LogP contribution in [0.15, 0.2) is 30.3 Å². The van der Waals surface area contributed by atoms with Crippen LogP contribution in [0.1, 0.15) is 43.6 Å². The predicted octanol–water partition coefficient (Wildman–Crippen LogP) is 3.65. The summed E-state index contributed by atoms with van der Waals surface area (Å²) in [7, 11) is 0. The van der Waals surface area contributed by atoms with Crippen molar-refractivity contribution in [1.82, 2.24) is 5.32 Å². The maximum Gasteiger partial charge on any atom is 0.308 e. The fourth-order valence-corrected chi connectivity index (χ4v) is 4.39. The average Bonchev–Trinajstić information content (AvgIpc) is 3.04. The van der Waals surface area contributed by atoms with Crippen LogP contribution in [0, 0.1) is 5.92 Å². The number of nitrogens with one attached hydrogen (secondary N) is 1. The Kier molecular flexibility index (Phi) is 5.87. The molecule has 0 spiro atoms. The van der Waals surface area contributed by atoms with Gasteiger partial charge in [-0.25, -0.2) is 0 Å². The molecule has 1 aromatic carbocycles. The summed E-state index contributed by atoms with van der Waals surface area (Å²) in [5.41, 5.74) is 0. The number of benzene rings is 1. The summed E-state index contributed by atoms with van der Waals surface area (Å²) in [4.78, 5) is 12.8. The molecule has 1 fully saturated rings. The van der Waals surface area contributed by atoms with Crippen LogP contribution >= 0.6 is 11.3 Å². The van der Waals surface area contributed by atoms with Crippen molar-refractivity contribution < 1.29 is 14.6 Å². The number of thiophene rings is 1. The molecule has 2 aromatic rings. The first-order valence-corrected chi connectivity index (χ1v) is 9.55. The lowest BCUT2D eigenvalue weighted by atomic mass is 9.86. The molecule has 24 heavy (non-hydrogen) atoms. The van der Waals surface area contributed by atoms with Crippen LogP contribution < -0.4 is 5.32 Å². The van der Waals surface area contributed by atoms with Crippen molar-refractivity contribution in [3.8, 4) is 0 Å². The summed E-state index contributed by atoms with van der Waals surface area (Å²) in [6.45, 7) is 2.86. The van der Waals surface area contributed by atoms with Crippen LogP contribution in [0.3, 0.4) is 0 Å². The maximum absolute atomic E-state index is 11.8. The molecule has 3 rings (SSSR count). The Morgan fingerprint density at radius 2 is 2.08 bits per heavy atom. The molecule has 0 saturated heterocycles. The Labute approximate surface area is 146 Å². The van der Waals surface area contributed by atoms with Crippen LogP contribution in [0.5, 0.6) is 0 Å². The van der Waals surface area contributed by atoms with Gasteiger partial charge in [0, 0.05) is 22.2 Å². The van der Waals surface area contributed by atoms with E-state index in [-0.39, 0.29) is 11.9 Å². The summed E-state index contributed by atoms with van der Waals surface area (Å²) in [5, 5.41) is 15.1. The molecule has 1 aromatic heterocycles. The lowest BCUT2D eigenvalue weighted by Crippen LogP contribution is -2.37. The molecule has 1 aliphatic rings. The molecule has 0 aliphatic heterocycles. The van der Waals surface area contributed by atoms with Crippen molar-refractivity contribution in [3.63, 3.8) is 0 Å². The number of esters is 1. The number of carbonyl (C=O) groups excluding carboxylic acids is 1. The second kappa shape index (κ2) is 8.10. The molecule has 1 unspecified atom stereocenters. The molecule has 1 heterocycles. The topological polar surface area (TPSA) is 58.6 Å². The highest BCUT2D eigenvalue weighted by Gasteiger charge is 2.27. The smallest absolute Gasteiger partial charge is 0.308 e. The minimum Gasteiger partial charge on any atom is -0.466 e. The third kappa shape index (κ3) is 4.15. The van der Waals surface area contributed by atoms with Gasteiger partial charge in [0.25, 0.3) is 0 Å². The molecular formula is C19H25NO3S. The first-order valence-electron chi connectivity index (χ1n) is 8.74. The predicted molar refractivity (Wildman–Crippen MR) is 97.2 cm³/mol. The normalized spacial score (nSPS) is 22.4. The van der Waals surface area contributed by atoms with Gasteiger partial charge in [0.1, 0.15) is 6.10 Å². The van der Waals surface area contributed by atoms with Crippen LogP contribution in [0.2, 0.25) is 0 Å². The Hall–Kier alpha value is -1.43. The zero-order valence-electron chi connectivity index (χ0n) is 14.0. The van der Waals surface area contributed by atoms with Crippen molar-refractivity contribution in [2.75, 3.05) is 13.2 Å². The zero-order chi connectivity index (χ0) is 16.9. The number of hydrogen-bond donors (Lipinski definition) is 2. The summed E-state index contributed by atoms with van der Waals surface area (Å²) in [5.74, 6) is -0.00298. The van der Waals surface area contributed by atoms with Crippen molar-refractivity contribution in [2.24, 2.45) is 5.92 Å². The van der Waals surface area contributed by atoms with E-state index in [0.717, 1.165) is 30.6 Å². The summed E-state index contributed by atoms with van der Waals surface area (Å²) < 4.78 is 6.31. The fraction of sp³-hybridized carbons (Fsp3) is 0.526. The quantitative estimate of drug-likeness (QED) is 0.783. The van der Waals surface area contributed by atoms with Crippen molar-refractivity contribution in [2.45, 2.75) is 44.8 Å². The number of aliphatic hydroxyl groups is 1.